The van der Waals surface area contributed by atoms with E-state index in [9.17, 15) is 12.6 Å². The third-order valence-corrected chi connectivity index (χ3v) is 4.41. The Morgan fingerprint density at radius 2 is 1.77 bits per heavy atom. The van der Waals surface area contributed by atoms with Gasteiger partial charge >= 0.3 is 0 Å². The molecule has 0 aromatic heterocycles. The number of hydrogen-bond donors (Lipinski definition) is 1. The van der Waals surface area contributed by atoms with Crippen molar-refractivity contribution in [2.24, 2.45) is 0 Å². The van der Waals surface area contributed by atoms with Crippen molar-refractivity contribution in [1.82, 2.24) is 4.72 Å². The Morgan fingerprint density at radius 3 is 2.08 bits per heavy atom. The van der Waals surface area contributed by atoms with E-state index in [1.807, 2.05) is 0 Å². The summed E-state index contributed by atoms with van der Waals surface area (Å²) < 4.78 is 35.9. The molecule has 0 bridgehead atoms. The minimum absolute atomic E-state index is 0.266. The maximum atomic E-state index is 11.3. The molecular formula is C7H17NO3S2. The van der Waals surface area contributed by atoms with Crippen LogP contribution in [0.4, 0.5) is 0 Å². The van der Waals surface area contributed by atoms with Crippen LogP contribution < -0.4 is 4.72 Å². The van der Waals surface area contributed by atoms with Gasteiger partial charge in [-0.15, -0.1) is 0 Å². The van der Waals surface area contributed by atoms with E-state index in [0.717, 1.165) is 0 Å². The summed E-state index contributed by atoms with van der Waals surface area (Å²) in [5.41, 5.74) is 0. The lowest BCUT2D eigenvalue weighted by Crippen LogP contribution is -2.40. The summed E-state index contributed by atoms with van der Waals surface area (Å²) in [7, 11) is -4.20. The summed E-state index contributed by atoms with van der Waals surface area (Å²) >= 11 is 0. The van der Waals surface area contributed by atoms with Gasteiger partial charge in [0.15, 0.2) is 0 Å². The van der Waals surface area contributed by atoms with E-state index in [-0.39, 0.29) is 6.04 Å². The van der Waals surface area contributed by atoms with Gasteiger partial charge in [-0.2, -0.15) is 0 Å². The first kappa shape index (κ1) is 13.1. The Labute approximate surface area is 82.6 Å². The molecule has 0 aliphatic carbocycles. The summed E-state index contributed by atoms with van der Waals surface area (Å²) in [6.45, 7) is 4.93. The molecule has 0 heterocycles. The van der Waals surface area contributed by atoms with Crippen LogP contribution in [-0.2, 0) is 20.8 Å². The summed E-state index contributed by atoms with van der Waals surface area (Å²) in [4.78, 5) is 0. The summed E-state index contributed by atoms with van der Waals surface area (Å²) in [6, 6.07) is -0.266. The third kappa shape index (κ3) is 5.38. The second-order valence-electron chi connectivity index (χ2n) is 3.35. The highest BCUT2D eigenvalue weighted by Crippen LogP contribution is 1.98. The van der Waals surface area contributed by atoms with Crippen LogP contribution in [0.2, 0.25) is 0 Å². The number of rotatable bonds is 5. The van der Waals surface area contributed by atoms with Gasteiger partial charge < -0.3 is 0 Å². The van der Waals surface area contributed by atoms with E-state index < -0.39 is 26.1 Å². The van der Waals surface area contributed by atoms with E-state index in [0.29, 0.717) is 5.75 Å². The Morgan fingerprint density at radius 1 is 1.31 bits per heavy atom. The van der Waals surface area contributed by atoms with E-state index in [1.54, 1.807) is 27.0 Å². The Kier molecular flexibility index (Phi) is 5.09. The van der Waals surface area contributed by atoms with Crippen molar-refractivity contribution >= 4 is 20.8 Å². The molecule has 0 amide bonds. The van der Waals surface area contributed by atoms with Crippen molar-refractivity contribution in [1.29, 1.82) is 0 Å². The molecule has 0 rings (SSSR count). The first-order valence-corrected chi connectivity index (χ1v) is 7.34. The molecule has 80 valence electrons. The van der Waals surface area contributed by atoms with Gasteiger partial charge in [0.25, 0.3) is 0 Å². The van der Waals surface area contributed by atoms with Gasteiger partial charge in [0.1, 0.15) is 0 Å². The minimum atomic E-state index is -3.23. The molecule has 0 spiro atoms. The Bertz CT molecular complexity index is 271. The van der Waals surface area contributed by atoms with Gasteiger partial charge in [0, 0.05) is 28.9 Å². The van der Waals surface area contributed by atoms with Crippen molar-refractivity contribution in [3.8, 4) is 0 Å². The van der Waals surface area contributed by atoms with Crippen LogP contribution in [0.25, 0.3) is 0 Å². The van der Waals surface area contributed by atoms with Gasteiger partial charge in [0.2, 0.25) is 10.0 Å². The zero-order chi connectivity index (χ0) is 10.6. The first-order valence-electron chi connectivity index (χ1n) is 4.07. The highest BCUT2D eigenvalue weighted by Gasteiger charge is 2.18. The minimum Gasteiger partial charge on any atom is -0.260 e. The number of sulfonamides is 1. The number of hydrogen-bond acceptors (Lipinski definition) is 3. The largest absolute Gasteiger partial charge is 0.260 e. The van der Waals surface area contributed by atoms with Crippen LogP contribution in [0.1, 0.15) is 20.8 Å². The van der Waals surface area contributed by atoms with Gasteiger partial charge in [-0.05, 0) is 20.8 Å². The van der Waals surface area contributed by atoms with Gasteiger partial charge in [-0.3, -0.25) is 4.21 Å². The van der Waals surface area contributed by atoms with Crippen LogP contribution in [0.5, 0.6) is 0 Å². The van der Waals surface area contributed by atoms with Crippen LogP contribution >= 0.6 is 0 Å². The molecule has 0 saturated heterocycles. The van der Waals surface area contributed by atoms with Crippen LogP contribution in [0.3, 0.4) is 0 Å². The lowest BCUT2D eigenvalue weighted by Gasteiger charge is -2.14. The van der Waals surface area contributed by atoms with Gasteiger partial charge in [0.05, 0.1) is 5.25 Å². The van der Waals surface area contributed by atoms with Crippen molar-refractivity contribution in [3.63, 3.8) is 0 Å². The molecule has 0 fully saturated rings. The van der Waals surface area contributed by atoms with Crippen molar-refractivity contribution in [3.05, 3.63) is 0 Å². The predicted octanol–water partition coefficient (Wildman–Crippen LogP) is 0.0812. The smallest absolute Gasteiger partial charge is 0.214 e. The lowest BCUT2D eigenvalue weighted by atomic mass is 10.4. The number of nitrogens with one attached hydrogen (secondary N) is 1. The lowest BCUT2D eigenvalue weighted by molar-refractivity contribution is 0.561. The second kappa shape index (κ2) is 5.07. The fourth-order valence-corrected chi connectivity index (χ4v) is 2.61. The average Bonchev–Trinajstić information content (AvgIpc) is 1.82. The normalized spacial score (nSPS) is 17.3. The zero-order valence-electron chi connectivity index (χ0n) is 8.40. The molecule has 0 aliphatic heterocycles. The van der Waals surface area contributed by atoms with E-state index in [1.165, 1.54) is 0 Å². The molecule has 13 heavy (non-hydrogen) atoms. The standard InChI is InChI=1S/C7H17NO3S2/c1-6(2)13(10,11)8-7(3)5-12(4)9/h6-8H,5H2,1-4H3. The van der Waals surface area contributed by atoms with Gasteiger partial charge in [-0.25, -0.2) is 13.1 Å². The zero-order valence-corrected chi connectivity index (χ0v) is 10.0. The van der Waals surface area contributed by atoms with E-state index in [2.05, 4.69) is 4.72 Å². The summed E-state index contributed by atoms with van der Waals surface area (Å²) in [5, 5.41) is -0.444. The second-order valence-corrected chi connectivity index (χ2v) is 7.10. The average molecular weight is 227 g/mol. The fraction of sp³-hybridized carbons (Fsp3) is 1.00. The van der Waals surface area contributed by atoms with E-state index >= 15 is 0 Å². The van der Waals surface area contributed by atoms with Gasteiger partial charge in [-0.1, -0.05) is 0 Å². The summed E-state index contributed by atoms with van der Waals surface area (Å²) in [6.07, 6.45) is 1.56. The monoisotopic (exact) mass is 227 g/mol. The molecule has 0 saturated carbocycles. The molecule has 6 heteroatoms. The Hall–Kier alpha value is 0.0600. The molecular weight excluding hydrogens is 210 g/mol. The van der Waals surface area contributed by atoms with Crippen molar-refractivity contribution < 1.29 is 12.6 Å². The molecule has 0 aromatic rings. The highest BCUT2D eigenvalue weighted by atomic mass is 32.2. The van der Waals surface area contributed by atoms with Crippen LogP contribution in [0, 0.1) is 0 Å². The first-order chi connectivity index (χ1) is 5.75. The quantitative estimate of drug-likeness (QED) is 0.723. The van der Waals surface area contributed by atoms with E-state index in [4.69, 9.17) is 0 Å². The fourth-order valence-electron chi connectivity index (χ4n) is 0.803. The maximum Gasteiger partial charge on any atom is 0.214 e. The van der Waals surface area contributed by atoms with Crippen LogP contribution in [-0.4, -0.2) is 35.9 Å². The predicted molar refractivity (Wildman–Crippen MR) is 55.6 cm³/mol. The topological polar surface area (TPSA) is 63.2 Å². The van der Waals surface area contributed by atoms with Crippen LogP contribution in [0.15, 0.2) is 0 Å². The molecule has 0 radical (unpaired) electrons. The molecule has 0 aromatic carbocycles. The maximum absolute atomic E-state index is 11.3. The third-order valence-electron chi connectivity index (χ3n) is 1.47. The van der Waals surface area contributed by atoms with Crippen molar-refractivity contribution in [2.45, 2.75) is 32.1 Å². The molecule has 2 unspecified atom stereocenters. The molecule has 0 aliphatic rings. The van der Waals surface area contributed by atoms with Crippen molar-refractivity contribution in [2.75, 3.05) is 12.0 Å². The Balaban J connectivity index is 4.21. The molecule has 1 N–H and O–H groups in total. The molecule has 2 atom stereocenters. The highest BCUT2D eigenvalue weighted by molar-refractivity contribution is 7.90. The summed E-state index contributed by atoms with van der Waals surface area (Å²) in [5.74, 6) is 0.353. The molecule has 4 nitrogen and oxygen atoms in total. The SMILES string of the molecule is CC(CS(C)=O)NS(=O)(=O)C(C)C.